The maximum Gasteiger partial charge on any atom is 0.141 e. The number of aliphatic hydroxyl groups is 1. The fourth-order valence-corrected chi connectivity index (χ4v) is 2.15. The Morgan fingerprint density at radius 3 is 2.44 bits per heavy atom. The van der Waals surface area contributed by atoms with E-state index in [9.17, 15) is 9.50 Å². The van der Waals surface area contributed by atoms with Gasteiger partial charge in [-0.3, -0.25) is 0 Å². The maximum atomic E-state index is 13.1. The SMILES string of the molecule is CC(C)(O)C1(c2ccc(F)c(Cl)c2)COC1. The van der Waals surface area contributed by atoms with Crippen molar-refractivity contribution in [3.8, 4) is 0 Å². The molecule has 0 bridgehead atoms. The Kier molecular flexibility index (Phi) is 2.73. The van der Waals surface area contributed by atoms with Crippen LogP contribution in [0, 0.1) is 5.82 Å². The molecule has 1 heterocycles. The minimum atomic E-state index is -0.924. The number of hydrogen-bond donors (Lipinski definition) is 1. The van der Waals surface area contributed by atoms with Gasteiger partial charge in [-0.1, -0.05) is 17.7 Å². The lowest BCUT2D eigenvalue weighted by atomic mass is 9.67. The van der Waals surface area contributed by atoms with E-state index in [0.29, 0.717) is 13.2 Å². The molecule has 0 saturated carbocycles. The van der Waals surface area contributed by atoms with Gasteiger partial charge in [0.1, 0.15) is 5.82 Å². The fraction of sp³-hybridized carbons (Fsp3) is 0.500. The second-order valence-electron chi connectivity index (χ2n) is 4.76. The van der Waals surface area contributed by atoms with Crippen LogP contribution >= 0.6 is 11.6 Å². The second kappa shape index (κ2) is 3.69. The molecule has 4 heteroatoms. The van der Waals surface area contributed by atoms with Crippen molar-refractivity contribution >= 4 is 11.6 Å². The average molecular weight is 245 g/mol. The summed E-state index contributed by atoms with van der Waals surface area (Å²) in [5.41, 5.74) is -0.589. The molecule has 16 heavy (non-hydrogen) atoms. The summed E-state index contributed by atoms with van der Waals surface area (Å²) >= 11 is 5.75. The molecule has 0 amide bonds. The normalized spacial score (nSPS) is 19.3. The summed E-state index contributed by atoms with van der Waals surface area (Å²) in [6.45, 7) is 4.32. The standard InChI is InChI=1S/C12H14ClFO2/c1-11(2,15)12(6-16-7-12)8-3-4-10(14)9(13)5-8/h3-5,15H,6-7H2,1-2H3. The molecule has 1 fully saturated rings. The quantitative estimate of drug-likeness (QED) is 0.866. The molecule has 1 aromatic rings. The van der Waals surface area contributed by atoms with Gasteiger partial charge in [-0.15, -0.1) is 0 Å². The first-order valence-electron chi connectivity index (χ1n) is 5.12. The Hall–Kier alpha value is -0.640. The van der Waals surface area contributed by atoms with Crippen molar-refractivity contribution in [1.29, 1.82) is 0 Å². The zero-order valence-corrected chi connectivity index (χ0v) is 10.0. The monoisotopic (exact) mass is 244 g/mol. The summed E-state index contributed by atoms with van der Waals surface area (Å²) in [5.74, 6) is -0.448. The largest absolute Gasteiger partial charge is 0.389 e. The number of benzene rings is 1. The van der Waals surface area contributed by atoms with Crippen molar-refractivity contribution in [2.75, 3.05) is 13.2 Å². The first-order valence-corrected chi connectivity index (χ1v) is 5.50. The van der Waals surface area contributed by atoms with Gasteiger partial charge in [0.15, 0.2) is 0 Å². The molecule has 0 unspecified atom stereocenters. The summed E-state index contributed by atoms with van der Waals surface area (Å²) in [6, 6.07) is 4.54. The van der Waals surface area contributed by atoms with E-state index in [1.165, 1.54) is 6.07 Å². The van der Waals surface area contributed by atoms with Gasteiger partial charge in [0, 0.05) is 0 Å². The third kappa shape index (κ3) is 1.63. The number of halogens is 2. The highest BCUT2D eigenvalue weighted by Crippen LogP contribution is 2.42. The van der Waals surface area contributed by atoms with E-state index in [-0.39, 0.29) is 5.02 Å². The van der Waals surface area contributed by atoms with Crippen LogP contribution in [0.2, 0.25) is 5.02 Å². The second-order valence-corrected chi connectivity index (χ2v) is 5.17. The average Bonchev–Trinajstić information content (AvgIpc) is 2.06. The van der Waals surface area contributed by atoms with E-state index < -0.39 is 16.8 Å². The van der Waals surface area contributed by atoms with E-state index in [1.54, 1.807) is 26.0 Å². The van der Waals surface area contributed by atoms with Gasteiger partial charge in [-0.05, 0) is 31.5 Å². The third-order valence-electron chi connectivity index (χ3n) is 3.34. The number of rotatable bonds is 2. The molecule has 0 aliphatic carbocycles. The molecule has 2 rings (SSSR count). The van der Waals surface area contributed by atoms with E-state index in [2.05, 4.69) is 0 Å². The van der Waals surface area contributed by atoms with Gasteiger partial charge in [-0.25, -0.2) is 4.39 Å². The van der Waals surface area contributed by atoms with Crippen molar-refractivity contribution < 1.29 is 14.2 Å². The van der Waals surface area contributed by atoms with Crippen LogP contribution in [0.15, 0.2) is 18.2 Å². The smallest absolute Gasteiger partial charge is 0.141 e. The van der Waals surface area contributed by atoms with Gasteiger partial charge in [-0.2, -0.15) is 0 Å². The molecule has 1 aliphatic rings. The Morgan fingerprint density at radius 2 is 2.06 bits per heavy atom. The Bertz CT molecular complexity index is 408. The Balaban J connectivity index is 2.45. The van der Waals surface area contributed by atoms with Crippen LogP contribution in [0.4, 0.5) is 4.39 Å². The van der Waals surface area contributed by atoms with Crippen molar-refractivity contribution in [3.63, 3.8) is 0 Å². The molecule has 2 nitrogen and oxygen atoms in total. The van der Waals surface area contributed by atoms with Gasteiger partial charge >= 0.3 is 0 Å². The summed E-state index contributed by atoms with van der Waals surface area (Å²) in [6.07, 6.45) is 0. The lowest BCUT2D eigenvalue weighted by molar-refractivity contribution is -0.157. The summed E-state index contributed by atoms with van der Waals surface area (Å²) in [7, 11) is 0. The van der Waals surface area contributed by atoms with Crippen LogP contribution in [0.3, 0.4) is 0 Å². The van der Waals surface area contributed by atoms with Crippen LogP contribution < -0.4 is 0 Å². The van der Waals surface area contributed by atoms with Gasteiger partial charge in [0.25, 0.3) is 0 Å². The summed E-state index contributed by atoms with van der Waals surface area (Å²) in [5, 5.41) is 10.3. The number of ether oxygens (including phenoxy) is 1. The van der Waals surface area contributed by atoms with Gasteiger partial charge in [0.05, 0.1) is 29.3 Å². The molecule has 1 N–H and O–H groups in total. The molecule has 1 saturated heterocycles. The van der Waals surface area contributed by atoms with Crippen LogP contribution in [0.5, 0.6) is 0 Å². The molecule has 1 aliphatic heterocycles. The van der Waals surface area contributed by atoms with Crippen molar-refractivity contribution in [1.82, 2.24) is 0 Å². The highest BCUT2D eigenvalue weighted by atomic mass is 35.5. The molecule has 0 spiro atoms. The first-order chi connectivity index (χ1) is 7.37. The van der Waals surface area contributed by atoms with Crippen molar-refractivity contribution in [2.24, 2.45) is 0 Å². The fourth-order valence-electron chi connectivity index (χ4n) is 1.97. The molecular formula is C12H14ClFO2. The molecule has 0 atom stereocenters. The topological polar surface area (TPSA) is 29.5 Å². The highest BCUT2D eigenvalue weighted by molar-refractivity contribution is 6.30. The van der Waals surface area contributed by atoms with Gasteiger partial charge < -0.3 is 9.84 Å². The lowest BCUT2D eigenvalue weighted by Crippen LogP contribution is -2.60. The first kappa shape index (κ1) is 11.8. The molecule has 1 aromatic carbocycles. The minimum Gasteiger partial charge on any atom is -0.389 e. The molecule has 0 radical (unpaired) electrons. The van der Waals surface area contributed by atoms with Crippen LogP contribution in [-0.2, 0) is 10.2 Å². The predicted molar refractivity (Wildman–Crippen MR) is 60.2 cm³/mol. The minimum absolute atomic E-state index is 0.0769. The Labute approximate surface area is 99.0 Å². The third-order valence-corrected chi connectivity index (χ3v) is 3.63. The van der Waals surface area contributed by atoms with E-state index >= 15 is 0 Å². The molecule has 0 aromatic heterocycles. The summed E-state index contributed by atoms with van der Waals surface area (Å²) in [4.78, 5) is 0. The summed E-state index contributed by atoms with van der Waals surface area (Å²) < 4.78 is 18.3. The van der Waals surface area contributed by atoms with Crippen molar-refractivity contribution in [3.05, 3.63) is 34.6 Å². The molecule has 88 valence electrons. The highest BCUT2D eigenvalue weighted by Gasteiger charge is 2.51. The number of hydrogen-bond acceptors (Lipinski definition) is 2. The predicted octanol–water partition coefficient (Wildman–Crippen LogP) is 2.52. The Morgan fingerprint density at radius 1 is 1.44 bits per heavy atom. The van der Waals surface area contributed by atoms with E-state index in [1.807, 2.05) is 0 Å². The van der Waals surface area contributed by atoms with Crippen LogP contribution in [0.25, 0.3) is 0 Å². The molecular weight excluding hydrogens is 231 g/mol. The van der Waals surface area contributed by atoms with E-state index in [4.69, 9.17) is 16.3 Å². The van der Waals surface area contributed by atoms with Crippen molar-refractivity contribution in [2.45, 2.75) is 24.9 Å². The maximum absolute atomic E-state index is 13.1. The van der Waals surface area contributed by atoms with Gasteiger partial charge in [0.2, 0.25) is 0 Å². The van der Waals surface area contributed by atoms with Crippen LogP contribution in [0.1, 0.15) is 19.4 Å². The zero-order valence-electron chi connectivity index (χ0n) is 9.26. The lowest BCUT2D eigenvalue weighted by Gasteiger charge is -2.50. The zero-order chi connectivity index (χ0) is 12.0. The van der Waals surface area contributed by atoms with E-state index in [0.717, 1.165) is 5.56 Å². The van der Waals surface area contributed by atoms with Crippen LogP contribution in [-0.4, -0.2) is 23.9 Å².